The van der Waals surface area contributed by atoms with E-state index in [0.29, 0.717) is 5.25 Å². The molecule has 0 saturated heterocycles. The van der Waals surface area contributed by atoms with Crippen molar-refractivity contribution < 1.29 is 0 Å². The Morgan fingerprint density at radius 1 is 1.29 bits per heavy atom. The van der Waals surface area contributed by atoms with Crippen LogP contribution in [0.25, 0.3) is 0 Å². The second-order valence-electron chi connectivity index (χ2n) is 5.31. The molecule has 0 aliphatic heterocycles. The molecule has 0 spiro atoms. The Bertz CT molecular complexity index is 348. The Kier molecular flexibility index (Phi) is 5.29. The Morgan fingerprint density at radius 3 is 2.35 bits per heavy atom. The van der Waals surface area contributed by atoms with Gasteiger partial charge < -0.3 is 5.32 Å². The number of benzene rings is 1. The fraction of sp³-hybridized carbons (Fsp3) is 0.467. The van der Waals surface area contributed by atoms with Crippen molar-refractivity contribution in [2.24, 2.45) is 0 Å². The maximum Gasteiger partial charge on any atom is 0.0243 e. The second kappa shape index (κ2) is 6.27. The molecule has 1 aromatic carbocycles. The molecule has 94 valence electrons. The fourth-order valence-electron chi connectivity index (χ4n) is 1.32. The molecule has 0 aliphatic rings. The molecule has 0 heterocycles. The summed E-state index contributed by atoms with van der Waals surface area (Å²) in [4.78, 5) is 1.30. The van der Waals surface area contributed by atoms with Gasteiger partial charge in [-0.05, 0) is 45.4 Å². The lowest BCUT2D eigenvalue weighted by Crippen LogP contribution is -2.35. The first-order chi connectivity index (χ1) is 7.90. The van der Waals surface area contributed by atoms with Crippen molar-refractivity contribution in [1.82, 2.24) is 5.32 Å². The van der Waals surface area contributed by atoms with E-state index in [1.807, 2.05) is 17.8 Å². The number of rotatable bonds is 5. The SMILES string of the molecule is C=CC(C)Sc1ccc(CNC(C)(C)C)cc1. The van der Waals surface area contributed by atoms with Crippen molar-refractivity contribution in [1.29, 1.82) is 0 Å². The van der Waals surface area contributed by atoms with Gasteiger partial charge in [0.25, 0.3) is 0 Å². The Labute approximate surface area is 110 Å². The standard InChI is InChI=1S/C15H23NS/c1-6-12(2)17-14-9-7-13(8-10-14)11-16-15(3,4)5/h6-10,12,16H,1,11H2,2-5H3. The zero-order valence-corrected chi connectivity index (χ0v) is 12.1. The summed E-state index contributed by atoms with van der Waals surface area (Å²) in [5, 5.41) is 3.95. The zero-order valence-electron chi connectivity index (χ0n) is 11.3. The van der Waals surface area contributed by atoms with E-state index in [9.17, 15) is 0 Å². The molecule has 1 rings (SSSR count). The van der Waals surface area contributed by atoms with Gasteiger partial charge in [0.05, 0.1) is 0 Å². The molecule has 1 N–H and O–H groups in total. The predicted octanol–water partition coefficient (Wildman–Crippen LogP) is 4.24. The summed E-state index contributed by atoms with van der Waals surface area (Å²) in [5.74, 6) is 0. The van der Waals surface area contributed by atoms with Gasteiger partial charge >= 0.3 is 0 Å². The molecule has 1 nitrogen and oxygen atoms in total. The molecule has 2 heteroatoms. The molecule has 0 aromatic heterocycles. The molecule has 0 fully saturated rings. The lowest BCUT2D eigenvalue weighted by atomic mass is 10.1. The molecule has 1 atom stereocenters. The van der Waals surface area contributed by atoms with Gasteiger partial charge in [0.2, 0.25) is 0 Å². The number of nitrogens with one attached hydrogen (secondary N) is 1. The van der Waals surface area contributed by atoms with Crippen LogP contribution >= 0.6 is 11.8 Å². The molecular formula is C15H23NS. The van der Waals surface area contributed by atoms with E-state index < -0.39 is 0 Å². The van der Waals surface area contributed by atoms with Gasteiger partial charge in [-0.15, -0.1) is 18.3 Å². The van der Waals surface area contributed by atoms with Crippen LogP contribution in [-0.4, -0.2) is 10.8 Å². The van der Waals surface area contributed by atoms with Crippen molar-refractivity contribution in [2.75, 3.05) is 0 Å². The first kappa shape index (κ1) is 14.3. The minimum absolute atomic E-state index is 0.171. The Balaban J connectivity index is 2.53. The Morgan fingerprint density at radius 2 is 1.88 bits per heavy atom. The molecule has 0 aliphatic carbocycles. The molecule has 17 heavy (non-hydrogen) atoms. The molecule has 0 radical (unpaired) electrons. The summed E-state index contributed by atoms with van der Waals surface area (Å²) >= 11 is 1.84. The third-order valence-electron chi connectivity index (χ3n) is 2.40. The van der Waals surface area contributed by atoms with Gasteiger partial charge in [-0.1, -0.05) is 18.2 Å². The minimum atomic E-state index is 0.171. The smallest absolute Gasteiger partial charge is 0.0243 e. The van der Waals surface area contributed by atoms with Crippen LogP contribution in [0.1, 0.15) is 33.3 Å². The summed E-state index contributed by atoms with van der Waals surface area (Å²) in [7, 11) is 0. The third-order valence-corrected chi connectivity index (χ3v) is 3.51. The monoisotopic (exact) mass is 249 g/mol. The van der Waals surface area contributed by atoms with Crippen LogP contribution in [-0.2, 0) is 6.54 Å². The van der Waals surface area contributed by atoms with Crippen LogP contribution < -0.4 is 5.32 Å². The summed E-state index contributed by atoms with van der Waals surface area (Å²) in [5.41, 5.74) is 1.50. The van der Waals surface area contributed by atoms with E-state index in [2.05, 4.69) is 63.9 Å². The highest BCUT2D eigenvalue weighted by Gasteiger charge is 2.08. The summed E-state index contributed by atoms with van der Waals surface area (Å²) in [6, 6.07) is 8.75. The highest BCUT2D eigenvalue weighted by Crippen LogP contribution is 2.23. The largest absolute Gasteiger partial charge is 0.308 e. The molecule has 0 bridgehead atoms. The van der Waals surface area contributed by atoms with Crippen LogP contribution in [0.2, 0.25) is 0 Å². The first-order valence-electron chi connectivity index (χ1n) is 6.04. The topological polar surface area (TPSA) is 12.0 Å². The van der Waals surface area contributed by atoms with Gasteiger partial charge in [-0.2, -0.15) is 0 Å². The predicted molar refractivity (Wildman–Crippen MR) is 78.6 cm³/mol. The quantitative estimate of drug-likeness (QED) is 0.619. The van der Waals surface area contributed by atoms with E-state index in [1.54, 1.807) is 0 Å². The minimum Gasteiger partial charge on any atom is -0.308 e. The van der Waals surface area contributed by atoms with E-state index in [-0.39, 0.29) is 5.54 Å². The average molecular weight is 249 g/mol. The first-order valence-corrected chi connectivity index (χ1v) is 6.92. The van der Waals surface area contributed by atoms with E-state index in [1.165, 1.54) is 10.5 Å². The molecule has 1 unspecified atom stereocenters. The Hall–Kier alpha value is -0.730. The lowest BCUT2D eigenvalue weighted by molar-refractivity contribution is 0.424. The second-order valence-corrected chi connectivity index (χ2v) is 6.76. The van der Waals surface area contributed by atoms with E-state index in [0.717, 1.165) is 6.54 Å². The third kappa shape index (κ3) is 5.94. The molecular weight excluding hydrogens is 226 g/mol. The van der Waals surface area contributed by atoms with Crippen molar-refractivity contribution in [3.63, 3.8) is 0 Å². The summed E-state index contributed by atoms with van der Waals surface area (Å²) < 4.78 is 0. The summed E-state index contributed by atoms with van der Waals surface area (Å²) in [6.45, 7) is 13.4. The van der Waals surface area contributed by atoms with Gasteiger partial charge in [0.15, 0.2) is 0 Å². The number of hydrogen-bond donors (Lipinski definition) is 1. The van der Waals surface area contributed by atoms with Gasteiger partial charge in [0.1, 0.15) is 0 Å². The van der Waals surface area contributed by atoms with Crippen LogP contribution in [0.4, 0.5) is 0 Å². The van der Waals surface area contributed by atoms with Crippen molar-refractivity contribution in [2.45, 2.75) is 49.9 Å². The van der Waals surface area contributed by atoms with E-state index >= 15 is 0 Å². The maximum atomic E-state index is 3.80. The van der Waals surface area contributed by atoms with Crippen LogP contribution in [0.3, 0.4) is 0 Å². The van der Waals surface area contributed by atoms with Crippen LogP contribution in [0.15, 0.2) is 41.8 Å². The zero-order chi connectivity index (χ0) is 12.9. The lowest BCUT2D eigenvalue weighted by Gasteiger charge is -2.20. The fourth-order valence-corrected chi connectivity index (χ4v) is 2.13. The molecule has 0 amide bonds. The van der Waals surface area contributed by atoms with E-state index in [4.69, 9.17) is 0 Å². The van der Waals surface area contributed by atoms with Gasteiger partial charge in [-0.3, -0.25) is 0 Å². The van der Waals surface area contributed by atoms with Gasteiger partial charge in [-0.25, -0.2) is 0 Å². The highest BCUT2D eigenvalue weighted by molar-refractivity contribution is 8.00. The molecule has 1 aromatic rings. The normalized spacial score (nSPS) is 13.4. The summed E-state index contributed by atoms with van der Waals surface area (Å²) in [6.07, 6.45) is 1.97. The molecule has 0 saturated carbocycles. The number of thioether (sulfide) groups is 1. The average Bonchev–Trinajstić information content (AvgIpc) is 2.27. The van der Waals surface area contributed by atoms with Crippen LogP contribution in [0.5, 0.6) is 0 Å². The highest BCUT2D eigenvalue weighted by atomic mass is 32.2. The van der Waals surface area contributed by atoms with Crippen molar-refractivity contribution in [3.05, 3.63) is 42.5 Å². The maximum absolute atomic E-state index is 3.80. The van der Waals surface area contributed by atoms with Crippen molar-refractivity contribution >= 4 is 11.8 Å². The van der Waals surface area contributed by atoms with Crippen molar-refractivity contribution in [3.8, 4) is 0 Å². The number of hydrogen-bond acceptors (Lipinski definition) is 2. The van der Waals surface area contributed by atoms with Crippen LogP contribution in [0, 0.1) is 0 Å². The van der Waals surface area contributed by atoms with Gasteiger partial charge in [0, 0.05) is 22.2 Å².